The highest BCUT2D eigenvalue weighted by Crippen LogP contribution is 2.31. The van der Waals surface area contributed by atoms with Crippen molar-refractivity contribution in [2.24, 2.45) is 11.5 Å². The summed E-state index contributed by atoms with van der Waals surface area (Å²) >= 11 is 0. The monoisotopic (exact) mass is 408 g/mol. The van der Waals surface area contributed by atoms with E-state index in [1.807, 2.05) is 22.8 Å². The maximum atomic E-state index is 14.9. The standard InChI is InChI=1S/C22H23FN6O/c23-19-11-16-4-7-28(19)17-3-1-2-15(10-17)12-27-8-5-22(14-24,6-9-27)29-13-18(20(25)30)21(29)26-16/h1-4,7,10-11,13H,5-6,8-9,12,14,24H2,(H-,25,30)/p+2. The predicted octanol–water partition coefficient (Wildman–Crippen LogP) is 0.615. The van der Waals surface area contributed by atoms with E-state index >= 15 is 0 Å². The molecule has 6 bridgehead atoms. The lowest BCUT2D eigenvalue weighted by Gasteiger charge is -2.42. The number of nitrogens with two attached hydrogens (primary N) is 2. The molecule has 5 N–H and O–H groups in total. The Balaban J connectivity index is 1.64. The number of nitrogens with zero attached hydrogens (tertiary/aromatic N) is 3. The number of benzene rings is 1. The molecule has 1 aromatic heterocycles. The first kappa shape index (κ1) is 18.9. The van der Waals surface area contributed by atoms with Crippen molar-refractivity contribution >= 4 is 17.4 Å². The minimum Gasteiger partial charge on any atom is -0.365 e. The lowest BCUT2D eigenvalue weighted by Crippen LogP contribution is -2.59. The number of piperidine rings is 1. The fourth-order valence-corrected chi connectivity index (χ4v) is 4.63. The Kier molecular flexibility index (Phi) is 4.41. The van der Waals surface area contributed by atoms with Gasteiger partial charge >= 0.3 is 5.95 Å². The van der Waals surface area contributed by atoms with E-state index in [9.17, 15) is 9.18 Å². The molecule has 7 nitrogen and oxygen atoms in total. The first-order valence-corrected chi connectivity index (χ1v) is 10.2. The molecule has 6 aliphatic rings. The summed E-state index contributed by atoms with van der Waals surface area (Å²) < 4.78 is 18.5. The number of carbonyl (C=O) groups excluding carboxylic acids is 1. The van der Waals surface area contributed by atoms with Gasteiger partial charge in [0.15, 0.2) is 11.8 Å². The highest BCUT2D eigenvalue weighted by atomic mass is 19.1. The quantitative estimate of drug-likeness (QED) is 0.502. The number of primary amides is 1. The molecule has 0 unspecified atom stereocenters. The summed E-state index contributed by atoms with van der Waals surface area (Å²) in [5.41, 5.74) is 14.4. The van der Waals surface area contributed by atoms with Gasteiger partial charge in [0.25, 0.3) is 11.7 Å². The first-order valence-electron chi connectivity index (χ1n) is 10.2. The van der Waals surface area contributed by atoms with E-state index in [1.165, 1.54) is 10.6 Å². The van der Waals surface area contributed by atoms with Crippen LogP contribution < -0.4 is 21.4 Å². The molecule has 8 rings (SSSR count). The molecule has 0 saturated carbocycles. The highest BCUT2D eigenvalue weighted by Gasteiger charge is 2.47. The van der Waals surface area contributed by atoms with E-state index in [0.717, 1.165) is 43.7 Å². The lowest BCUT2D eigenvalue weighted by atomic mass is 9.84. The van der Waals surface area contributed by atoms with E-state index in [1.54, 1.807) is 18.5 Å². The fraction of sp³-hybridized carbons (Fsp3) is 0.318. The number of anilines is 1. The molecule has 7 heterocycles. The zero-order valence-electron chi connectivity index (χ0n) is 16.6. The van der Waals surface area contributed by atoms with E-state index in [2.05, 4.69) is 16.3 Å². The molecule has 30 heavy (non-hydrogen) atoms. The van der Waals surface area contributed by atoms with Crippen molar-refractivity contribution < 1.29 is 18.3 Å². The largest absolute Gasteiger partial charge is 0.369 e. The second-order valence-corrected chi connectivity index (χ2v) is 8.23. The van der Waals surface area contributed by atoms with Gasteiger partial charge in [-0.2, -0.15) is 0 Å². The Morgan fingerprint density at radius 2 is 2.03 bits per heavy atom. The number of nitrogens with one attached hydrogen (secondary N) is 1. The van der Waals surface area contributed by atoms with E-state index < -0.39 is 11.9 Å². The molecule has 0 radical (unpaired) electrons. The number of hydrogen-bond acceptors (Lipinski definition) is 4. The van der Waals surface area contributed by atoms with E-state index in [0.29, 0.717) is 23.6 Å². The minimum absolute atomic E-state index is 0.299. The van der Waals surface area contributed by atoms with Crippen LogP contribution in [-0.2, 0) is 11.3 Å². The minimum atomic E-state index is -0.515. The van der Waals surface area contributed by atoms with Crippen LogP contribution in [0, 0.1) is 5.95 Å². The third kappa shape index (κ3) is 3.00. The van der Waals surface area contributed by atoms with Crippen molar-refractivity contribution in [1.82, 2.24) is 4.90 Å². The summed E-state index contributed by atoms with van der Waals surface area (Å²) in [5, 5.41) is 3.21. The molecular formula is C22H25FN6O+2. The Morgan fingerprint density at radius 3 is 2.73 bits per heavy atom. The summed E-state index contributed by atoms with van der Waals surface area (Å²) in [6.45, 7) is 3.02. The van der Waals surface area contributed by atoms with Crippen molar-refractivity contribution in [3.8, 4) is 5.69 Å². The summed E-state index contributed by atoms with van der Waals surface area (Å²) in [6, 6.07) is 11.2. The smallest absolute Gasteiger partial charge is 0.365 e. The van der Waals surface area contributed by atoms with Gasteiger partial charge in [-0.05, 0) is 5.56 Å². The molecule has 1 saturated heterocycles. The number of amidine groups is 1. The predicted molar refractivity (Wildman–Crippen MR) is 110 cm³/mol. The van der Waals surface area contributed by atoms with E-state index in [-0.39, 0.29) is 5.54 Å². The van der Waals surface area contributed by atoms with Gasteiger partial charge in [-0.15, -0.1) is 8.96 Å². The zero-order valence-corrected chi connectivity index (χ0v) is 16.6. The second-order valence-electron chi connectivity index (χ2n) is 8.23. The zero-order chi connectivity index (χ0) is 20.9. The topological polar surface area (TPSA) is 91.3 Å². The number of hydrogen-bond donors (Lipinski definition) is 3. The number of pyridine rings is 1. The van der Waals surface area contributed by atoms with Crippen LogP contribution in [0.15, 0.2) is 54.4 Å². The average molecular weight is 408 g/mol. The number of amides is 1. The third-order valence-corrected chi connectivity index (χ3v) is 6.46. The van der Waals surface area contributed by atoms with Crippen molar-refractivity contribution in [3.63, 3.8) is 0 Å². The number of aromatic nitrogens is 1. The van der Waals surface area contributed by atoms with Gasteiger partial charge in [0.05, 0.1) is 6.07 Å². The molecule has 0 atom stereocenters. The van der Waals surface area contributed by atoms with Gasteiger partial charge in [0.1, 0.15) is 17.4 Å². The molecular weight excluding hydrogens is 383 g/mol. The van der Waals surface area contributed by atoms with Gasteiger partial charge < -0.3 is 11.5 Å². The van der Waals surface area contributed by atoms with Crippen molar-refractivity contribution in [2.45, 2.75) is 24.9 Å². The molecule has 2 aromatic rings. The van der Waals surface area contributed by atoms with Crippen molar-refractivity contribution in [1.29, 1.82) is 0 Å². The summed E-state index contributed by atoms with van der Waals surface area (Å²) in [7, 11) is 0. The number of carbonyl (C=O) groups is 1. The SMILES string of the molecule is NCC12CCN(CC1)Cc1cccc(c1)-[n+]1ccc(cc1F)NC1=[N+]2C=C1C(N)=O. The molecule has 154 valence electrons. The number of halogens is 1. The molecule has 1 amide bonds. The summed E-state index contributed by atoms with van der Waals surface area (Å²) in [6.07, 6.45) is 5.17. The normalized spacial score (nSPS) is 24.9. The molecule has 1 fully saturated rings. The van der Waals surface area contributed by atoms with Crippen LogP contribution in [0.1, 0.15) is 18.4 Å². The Morgan fingerprint density at radius 1 is 1.23 bits per heavy atom. The molecule has 0 aliphatic carbocycles. The maximum absolute atomic E-state index is 14.9. The van der Waals surface area contributed by atoms with Gasteiger partial charge in [-0.25, -0.2) is 9.89 Å². The van der Waals surface area contributed by atoms with Crippen molar-refractivity contribution in [2.75, 3.05) is 25.0 Å². The van der Waals surface area contributed by atoms with Gasteiger partial charge in [0, 0.05) is 57.2 Å². The Labute approximate surface area is 174 Å². The van der Waals surface area contributed by atoms with Crippen molar-refractivity contribution in [3.05, 3.63) is 65.9 Å². The highest BCUT2D eigenvalue weighted by molar-refractivity contribution is 6.24. The molecule has 6 aliphatic heterocycles. The van der Waals surface area contributed by atoms with E-state index in [4.69, 9.17) is 11.5 Å². The molecule has 1 aromatic carbocycles. The van der Waals surface area contributed by atoms with Crippen LogP contribution in [-0.4, -0.2) is 46.4 Å². The maximum Gasteiger partial charge on any atom is 0.369 e. The van der Waals surface area contributed by atoms with Gasteiger partial charge in [-0.1, -0.05) is 12.1 Å². The van der Waals surface area contributed by atoms with Crippen LogP contribution in [0.3, 0.4) is 0 Å². The third-order valence-electron chi connectivity index (χ3n) is 6.46. The fourth-order valence-electron chi connectivity index (χ4n) is 4.63. The molecule has 8 heteroatoms. The van der Waals surface area contributed by atoms with Gasteiger partial charge in [-0.3, -0.25) is 9.69 Å². The average Bonchev–Trinajstić information content (AvgIpc) is 2.72. The first-order chi connectivity index (χ1) is 14.5. The lowest BCUT2D eigenvalue weighted by molar-refractivity contribution is -0.627. The Bertz CT molecular complexity index is 1100. The van der Waals surface area contributed by atoms with Gasteiger partial charge in [0.2, 0.25) is 5.69 Å². The summed E-state index contributed by atoms with van der Waals surface area (Å²) in [4.78, 5) is 14.3. The van der Waals surface area contributed by atoms with Crippen LogP contribution in [0.2, 0.25) is 0 Å². The summed E-state index contributed by atoms with van der Waals surface area (Å²) in [5.74, 6) is -0.326. The van der Waals surface area contributed by atoms with Crippen LogP contribution >= 0.6 is 0 Å². The van der Waals surface area contributed by atoms with Crippen LogP contribution in [0.5, 0.6) is 0 Å². The Hall–Kier alpha value is -3.10. The number of rotatable bonds is 2. The second kappa shape index (κ2) is 7.00. The van der Waals surface area contributed by atoms with Crippen LogP contribution in [0.25, 0.3) is 5.69 Å². The van der Waals surface area contributed by atoms with Crippen LogP contribution in [0.4, 0.5) is 10.1 Å². The molecule has 0 spiro atoms.